The van der Waals surface area contributed by atoms with Crippen LogP contribution in [0.5, 0.6) is 0 Å². The van der Waals surface area contributed by atoms with E-state index in [0.717, 1.165) is 18.8 Å². The van der Waals surface area contributed by atoms with Crippen LogP contribution in [0.15, 0.2) is 0 Å². The lowest BCUT2D eigenvalue weighted by Gasteiger charge is -2.42. The Labute approximate surface area is 115 Å². The fourth-order valence-corrected chi connectivity index (χ4v) is 5.01. The summed E-state index contributed by atoms with van der Waals surface area (Å²) < 4.78 is 5.09. The van der Waals surface area contributed by atoms with E-state index >= 15 is 0 Å². The predicted molar refractivity (Wildman–Crippen MR) is 72.5 cm³/mol. The molecule has 0 radical (unpaired) electrons. The van der Waals surface area contributed by atoms with Gasteiger partial charge in [0.15, 0.2) is 6.29 Å². The van der Waals surface area contributed by atoms with Gasteiger partial charge in [-0.15, -0.1) is 0 Å². The van der Waals surface area contributed by atoms with Crippen LogP contribution in [0.2, 0.25) is 0 Å². The Morgan fingerprint density at radius 1 is 1.16 bits per heavy atom. The fourth-order valence-electron chi connectivity index (χ4n) is 5.01. The zero-order valence-corrected chi connectivity index (χ0v) is 12.0. The normalized spacial score (nSPS) is 45.8. The number of hydrogen-bond donors (Lipinski definition) is 2. The second kappa shape index (κ2) is 5.32. The van der Waals surface area contributed by atoms with Gasteiger partial charge in [-0.05, 0) is 31.7 Å². The summed E-state index contributed by atoms with van der Waals surface area (Å²) in [5, 5.41) is 20.4. The number of piperidine rings is 1. The molecule has 3 aliphatic rings. The van der Waals surface area contributed by atoms with E-state index in [0.29, 0.717) is 12.0 Å². The van der Waals surface area contributed by atoms with E-state index in [1.807, 2.05) is 0 Å². The lowest BCUT2D eigenvalue weighted by atomic mass is 9.83. The van der Waals surface area contributed by atoms with E-state index in [1.54, 1.807) is 0 Å². The first-order chi connectivity index (χ1) is 9.13. The van der Waals surface area contributed by atoms with Gasteiger partial charge in [0.05, 0.1) is 12.0 Å². The zero-order chi connectivity index (χ0) is 13.6. The molecule has 0 aromatic rings. The Balaban J connectivity index is 1.78. The van der Waals surface area contributed by atoms with Crippen molar-refractivity contribution < 1.29 is 14.9 Å². The summed E-state index contributed by atoms with van der Waals surface area (Å²) in [7, 11) is 3.68. The molecule has 4 nitrogen and oxygen atoms in total. The number of methoxy groups -OCH3 is 1. The SMILES string of the molecule is COC(O)C1C2C[C@@H](C3CCCC3)C(C[C@@H]1O)N2C. The van der Waals surface area contributed by atoms with Gasteiger partial charge in [-0.2, -0.15) is 0 Å². The van der Waals surface area contributed by atoms with Crippen molar-refractivity contribution in [3.05, 3.63) is 0 Å². The summed E-state index contributed by atoms with van der Waals surface area (Å²) in [4.78, 5) is 2.41. The fraction of sp³-hybridized carbons (Fsp3) is 1.00. The van der Waals surface area contributed by atoms with Crippen LogP contribution < -0.4 is 0 Å². The van der Waals surface area contributed by atoms with Crippen LogP contribution >= 0.6 is 0 Å². The highest BCUT2D eigenvalue weighted by molar-refractivity contribution is 5.05. The predicted octanol–water partition coefficient (Wildman–Crippen LogP) is 1.21. The smallest absolute Gasteiger partial charge is 0.160 e. The minimum Gasteiger partial charge on any atom is -0.393 e. The first kappa shape index (κ1) is 13.8. The molecule has 19 heavy (non-hydrogen) atoms. The van der Waals surface area contributed by atoms with Crippen LogP contribution in [-0.2, 0) is 4.74 Å². The number of aliphatic hydroxyl groups is 2. The second-order valence-electron chi connectivity index (χ2n) is 6.75. The molecule has 110 valence electrons. The Morgan fingerprint density at radius 3 is 2.47 bits per heavy atom. The molecule has 0 aromatic carbocycles. The van der Waals surface area contributed by atoms with E-state index < -0.39 is 12.4 Å². The molecule has 6 atom stereocenters. The molecule has 3 rings (SSSR count). The monoisotopic (exact) mass is 269 g/mol. The van der Waals surface area contributed by atoms with Crippen LogP contribution in [0.4, 0.5) is 0 Å². The van der Waals surface area contributed by atoms with Crippen molar-refractivity contribution in [2.24, 2.45) is 17.8 Å². The number of fused-ring (bicyclic) bond motifs is 2. The molecule has 4 heteroatoms. The van der Waals surface area contributed by atoms with E-state index in [1.165, 1.54) is 32.8 Å². The first-order valence-electron chi connectivity index (χ1n) is 7.74. The number of rotatable bonds is 3. The third-order valence-corrected chi connectivity index (χ3v) is 6.00. The van der Waals surface area contributed by atoms with Crippen LogP contribution in [0, 0.1) is 17.8 Å². The molecule has 3 fully saturated rings. The largest absolute Gasteiger partial charge is 0.393 e. The van der Waals surface area contributed by atoms with Gasteiger partial charge < -0.3 is 14.9 Å². The highest BCUT2D eigenvalue weighted by Crippen LogP contribution is 2.49. The van der Waals surface area contributed by atoms with Gasteiger partial charge in [0.25, 0.3) is 0 Å². The van der Waals surface area contributed by atoms with Crippen molar-refractivity contribution in [3.63, 3.8) is 0 Å². The molecule has 2 N–H and O–H groups in total. The third-order valence-electron chi connectivity index (χ3n) is 6.00. The Bertz CT molecular complexity index is 319. The zero-order valence-electron chi connectivity index (χ0n) is 12.0. The van der Waals surface area contributed by atoms with Gasteiger partial charge in [0.2, 0.25) is 0 Å². The van der Waals surface area contributed by atoms with Crippen molar-refractivity contribution >= 4 is 0 Å². The van der Waals surface area contributed by atoms with Crippen LogP contribution in [0.3, 0.4) is 0 Å². The lowest BCUT2D eigenvalue weighted by Crippen LogP contribution is -2.54. The highest BCUT2D eigenvalue weighted by Gasteiger charge is 2.53. The molecular weight excluding hydrogens is 242 g/mol. The maximum atomic E-state index is 10.4. The molecule has 1 saturated carbocycles. The Morgan fingerprint density at radius 2 is 1.84 bits per heavy atom. The van der Waals surface area contributed by atoms with Crippen LogP contribution in [0.25, 0.3) is 0 Å². The summed E-state index contributed by atoms with van der Waals surface area (Å²) in [6.07, 6.45) is 6.10. The van der Waals surface area contributed by atoms with E-state index in [-0.39, 0.29) is 12.0 Å². The molecule has 0 aromatic heterocycles. The topological polar surface area (TPSA) is 52.9 Å². The summed E-state index contributed by atoms with van der Waals surface area (Å²) >= 11 is 0. The molecule has 2 saturated heterocycles. The molecule has 0 amide bonds. The molecule has 2 aliphatic heterocycles. The molecule has 4 unspecified atom stereocenters. The maximum absolute atomic E-state index is 10.4. The third kappa shape index (κ3) is 2.23. The van der Waals surface area contributed by atoms with E-state index in [4.69, 9.17) is 4.74 Å². The molecule has 2 bridgehead atoms. The quantitative estimate of drug-likeness (QED) is 0.756. The van der Waals surface area contributed by atoms with Crippen molar-refractivity contribution in [1.82, 2.24) is 4.90 Å². The summed E-state index contributed by atoms with van der Waals surface area (Å²) in [5.41, 5.74) is 0. The first-order valence-corrected chi connectivity index (χ1v) is 7.74. The second-order valence-corrected chi connectivity index (χ2v) is 6.75. The van der Waals surface area contributed by atoms with Crippen molar-refractivity contribution in [2.75, 3.05) is 14.2 Å². The molecular formula is C15H27NO3. The van der Waals surface area contributed by atoms with Gasteiger partial charge in [-0.3, -0.25) is 4.90 Å². The van der Waals surface area contributed by atoms with Gasteiger partial charge in [-0.1, -0.05) is 25.7 Å². The average molecular weight is 269 g/mol. The van der Waals surface area contributed by atoms with Crippen molar-refractivity contribution in [2.45, 2.75) is 63.0 Å². The van der Waals surface area contributed by atoms with E-state index in [2.05, 4.69) is 11.9 Å². The Kier molecular flexibility index (Phi) is 3.87. The lowest BCUT2D eigenvalue weighted by molar-refractivity contribution is -0.171. The van der Waals surface area contributed by atoms with Crippen LogP contribution in [0.1, 0.15) is 38.5 Å². The summed E-state index contributed by atoms with van der Waals surface area (Å²) in [5.74, 6) is 1.39. The number of hydrogen-bond acceptors (Lipinski definition) is 4. The standard InChI is InChI=1S/C15H27NO3/c1-16-11-8-13(17)14(15(18)19-2)12(16)7-10(11)9-5-3-4-6-9/h9-15,17-18H,3-8H2,1-2H3/t10-,11?,12?,13-,14?,15?/m0/s1. The Hall–Kier alpha value is -0.160. The van der Waals surface area contributed by atoms with Gasteiger partial charge in [0, 0.05) is 19.2 Å². The van der Waals surface area contributed by atoms with Crippen molar-refractivity contribution in [1.29, 1.82) is 0 Å². The molecule has 2 heterocycles. The van der Waals surface area contributed by atoms with Gasteiger partial charge in [0.1, 0.15) is 0 Å². The van der Waals surface area contributed by atoms with Crippen molar-refractivity contribution in [3.8, 4) is 0 Å². The van der Waals surface area contributed by atoms with Crippen LogP contribution in [-0.4, -0.2) is 53.7 Å². The average Bonchev–Trinajstić information content (AvgIpc) is 2.98. The highest BCUT2D eigenvalue weighted by atomic mass is 16.6. The van der Waals surface area contributed by atoms with Gasteiger partial charge >= 0.3 is 0 Å². The summed E-state index contributed by atoms with van der Waals surface area (Å²) in [6, 6.07) is 0.776. The minimum absolute atomic E-state index is 0.155. The maximum Gasteiger partial charge on any atom is 0.160 e. The number of aliphatic hydroxyl groups excluding tert-OH is 2. The van der Waals surface area contributed by atoms with Gasteiger partial charge in [-0.25, -0.2) is 0 Å². The number of nitrogens with zero attached hydrogens (tertiary/aromatic N) is 1. The molecule has 0 spiro atoms. The number of ether oxygens (including phenoxy) is 1. The minimum atomic E-state index is -0.842. The van der Waals surface area contributed by atoms with E-state index in [9.17, 15) is 10.2 Å². The summed E-state index contributed by atoms with van der Waals surface area (Å²) in [6.45, 7) is 0. The molecule has 1 aliphatic carbocycles.